The summed E-state index contributed by atoms with van der Waals surface area (Å²) in [5, 5.41) is 3.83. The first-order valence-corrected chi connectivity index (χ1v) is 6.18. The van der Waals surface area contributed by atoms with Crippen molar-refractivity contribution in [3.63, 3.8) is 0 Å². The minimum absolute atomic E-state index is 0.241. The molecule has 0 aliphatic carbocycles. The number of benzene rings is 1. The summed E-state index contributed by atoms with van der Waals surface area (Å²) in [5.74, 6) is 1.40. The van der Waals surface area contributed by atoms with Crippen molar-refractivity contribution in [2.45, 2.75) is 13.8 Å². The van der Waals surface area contributed by atoms with Crippen molar-refractivity contribution >= 4 is 22.8 Å². The maximum atomic E-state index is 5.72. The summed E-state index contributed by atoms with van der Waals surface area (Å²) in [6.07, 6.45) is 3.38. The summed E-state index contributed by atoms with van der Waals surface area (Å²) in [4.78, 5) is 12.7. The van der Waals surface area contributed by atoms with Crippen LogP contribution in [0.3, 0.4) is 0 Å². The Morgan fingerprint density at radius 2 is 2.20 bits per heavy atom. The molecule has 6 heteroatoms. The van der Waals surface area contributed by atoms with E-state index in [1.54, 1.807) is 19.4 Å². The number of anilines is 1. The zero-order valence-corrected chi connectivity index (χ0v) is 11.7. The Hall–Kier alpha value is -2.63. The molecule has 0 saturated carbocycles. The van der Waals surface area contributed by atoms with E-state index < -0.39 is 0 Å². The number of aliphatic imine (C=N–C) groups is 1. The molecule has 0 saturated heterocycles. The highest BCUT2D eigenvalue weighted by Gasteiger charge is 2.06. The number of aromatic nitrogens is 2. The van der Waals surface area contributed by atoms with E-state index in [9.17, 15) is 0 Å². The molecule has 0 bridgehead atoms. The summed E-state index contributed by atoms with van der Waals surface area (Å²) in [6.45, 7) is 3.78. The summed E-state index contributed by atoms with van der Waals surface area (Å²) in [6, 6.07) is 5.67. The van der Waals surface area contributed by atoms with Crippen LogP contribution >= 0.6 is 0 Å². The SMILES string of the molecule is C/C=C\N=C(N)Nc1nc(C)c2ccc(OC)cc2n1. The van der Waals surface area contributed by atoms with Gasteiger partial charge >= 0.3 is 0 Å². The molecule has 0 spiro atoms. The molecule has 0 aliphatic heterocycles. The molecule has 0 amide bonds. The first kappa shape index (κ1) is 13.8. The topological polar surface area (TPSA) is 85.4 Å². The smallest absolute Gasteiger partial charge is 0.230 e. The van der Waals surface area contributed by atoms with Gasteiger partial charge in [0, 0.05) is 17.7 Å². The average Bonchev–Trinajstić information content (AvgIpc) is 2.44. The zero-order chi connectivity index (χ0) is 14.5. The van der Waals surface area contributed by atoms with Crippen molar-refractivity contribution in [2.24, 2.45) is 10.7 Å². The van der Waals surface area contributed by atoms with Crippen molar-refractivity contribution < 1.29 is 4.74 Å². The second-order valence-electron chi connectivity index (χ2n) is 4.14. The van der Waals surface area contributed by atoms with Crippen molar-refractivity contribution in [3.8, 4) is 5.75 Å². The van der Waals surface area contributed by atoms with Gasteiger partial charge in [-0.05, 0) is 26.0 Å². The number of guanidine groups is 1. The van der Waals surface area contributed by atoms with Crippen molar-refractivity contribution in [3.05, 3.63) is 36.2 Å². The van der Waals surface area contributed by atoms with E-state index >= 15 is 0 Å². The van der Waals surface area contributed by atoms with Crippen LogP contribution in [0, 0.1) is 6.92 Å². The largest absolute Gasteiger partial charge is 0.497 e. The third kappa shape index (κ3) is 3.03. The van der Waals surface area contributed by atoms with Crippen LogP contribution in [0.2, 0.25) is 0 Å². The molecular formula is C14H17N5O. The van der Waals surface area contributed by atoms with Crippen LogP contribution in [0.4, 0.5) is 5.95 Å². The molecule has 3 N–H and O–H groups in total. The molecule has 0 atom stereocenters. The summed E-state index contributed by atoms with van der Waals surface area (Å²) in [5.41, 5.74) is 7.38. The molecular weight excluding hydrogens is 254 g/mol. The third-order valence-electron chi connectivity index (χ3n) is 2.70. The highest BCUT2D eigenvalue weighted by molar-refractivity contribution is 5.92. The number of nitrogens with two attached hydrogens (primary N) is 1. The minimum atomic E-state index is 0.241. The third-order valence-corrected chi connectivity index (χ3v) is 2.70. The monoisotopic (exact) mass is 271 g/mol. The lowest BCUT2D eigenvalue weighted by Crippen LogP contribution is -2.23. The predicted octanol–water partition coefficient (Wildman–Crippen LogP) is 2.21. The Balaban J connectivity index is 2.40. The molecule has 0 unspecified atom stereocenters. The lowest BCUT2D eigenvalue weighted by Gasteiger charge is -2.08. The number of fused-ring (bicyclic) bond motifs is 1. The molecule has 2 rings (SSSR count). The Bertz CT molecular complexity index is 679. The number of ether oxygens (including phenoxy) is 1. The van der Waals surface area contributed by atoms with Crippen LogP contribution in [0.25, 0.3) is 10.9 Å². The van der Waals surface area contributed by atoms with Gasteiger partial charge in [-0.2, -0.15) is 0 Å². The van der Waals surface area contributed by atoms with E-state index in [2.05, 4.69) is 20.3 Å². The van der Waals surface area contributed by atoms with Crippen LogP contribution < -0.4 is 15.8 Å². The van der Waals surface area contributed by atoms with Crippen LogP contribution in [-0.4, -0.2) is 23.0 Å². The normalized spacial score (nSPS) is 12.1. The van der Waals surface area contributed by atoms with Gasteiger partial charge < -0.3 is 10.5 Å². The molecule has 0 radical (unpaired) electrons. The van der Waals surface area contributed by atoms with Crippen LogP contribution in [-0.2, 0) is 0 Å². The fraction of sp³-hybridized carbons (Fsp3) is 0.214. The summed E-state index contributed by atoms with van der Waals surface area (Å²) in [7, 11) is 1.62. The van der Waals surface area contributed by atoms with Crippen molar-refractivity contribution in [1.82, 2.24) is 9.97 Å². The molecule has 104 valence electrons. The Morgan fingerprint density at radius 1 is 1.40 bits per heavy atom. The van der Waals surface area contributed by atoms with E-state index in [1.165, 1.54) is 0 Å². The van der Waals surface area contributed by atoms with Gasteiger partial charge in [0.15, 0.2) is 5.96 Å². The number of nitrogens with one attached hydrogen (secondary N) is 1. The van der Waals surface area contributed by atoms with Gasteiger partial charge in [-0.1, -0.05) is 6.08 Å². The quantitative estimate of drug-likeness (QED) is 0.660. The number of methoxy groups -OCH3 is 1. The molecule has 1 aromatic heterocycles. The maximum Gasteiger partial charge on any atom is 0.230 e. The van der Waals surface area contributed by atoms with Gasteiger partial charge in [-0.25, -0.2) is 15.0 Å². The number of nitrogens with zero attached hydrogens (tertiary/aromatic N) is 3. The Morgan fingerprint density at radius 3 is 2.90 bits per heavy atom. The fourth-order valence-corrected chi connectivity index (χ4v) is 1.75. The zero-order valence-electron chi connectivity index (χ0n) is 11.7. The molecule has 1 heterocycles. The van der Waals surface area contributed by atoms with E-state index in [0.717, 1.165) is 22.3 Å². The highest BCUT2D eigenvalue weighted by atomic mass is 16.5. The van der Waals surface area contributed by atoms with Crippen molar-refractivity contribution in [2.75, 3.05) is 12.4 Å². The first-order chi connectivity index (χ1) is 9.63. The molecule has 20 heavy (non-hydrogen) atoms. The second-order valence-corrected chi connectivity index (χ2v) is 4.14. The first-order valence-electron chi connectivity index (χ1n) is 6.18. The molecule has 6 nitrogen and oxygen atoms in total. The minimum Gasteiger partial charge on any atom is -0.497 e. The summed E-state index contributed by atoms with van der Waals surface area (Å²) >= 11 is 0. The standard InChI is InChI=1S/C14H17N5O/c1-4-7-16-13(15)19-14-17-9(2)11-6-5-10(20-3)8-12(11)18-14/h4-8H,1-3H3,(H3,15,16,17,18,19)/b7-4-. The van der Waals surface area contributed by atoms with Gasteiger partial charge in [0.25, 0.3) is 0 Å². The van der Waals surface area contributed by atoms with E-state index in [1.807, 2.05) is 32.0 Å². The molecule has 0 aliphatic rings. The lowest BCUT2D eigenvalue weighted by molar-refractivity contribution is 0.415. The fourth-order valence-electron chi connectivity index (χ4n) is 1.75. The van der Waals surface area contributed by atoms with Gasteiger partial charge in [0.05, 0.1) is 18.3 Å². The predicted molar refractivity (Wildman–Crippen MR) is 80.9 cm³/mol. The number of hydrogen-bond donors (Lipinski definition) is 2. The summed E-state index contributed by atoms with van der Waals surface area (Å²) < 4.78 is 5.20. The highest BCUT2D eigenvalue weighted by Crippen LogP contribution is 2.22. The Kier molecular flexibility index (Phi) is 4.14. The van der Waals surface area contributed by atoms with Crippen LogP contribution in [0.15, 0.2) is 35.5 Å². The van der Waals surface area contributed by atoms with Gasteiger partial charge in [-0.3, -0.25) is 5.32 Å². The van der Waals surface area contributed by atoms with Gasteiger partial charge in [0.1, 0.15) is 5.75 Å². The van der Waals surface area contributed by atoms with Gasteiger partial charge in [-0.15, -0.1) is 0 Å². The molecule has 1 aromatic carbocycles. The van der Waals surface area contributed by atoms with Crippen molar-refractivity contribution in [1.29, 1.82) is 0 Å². The van der Waals surface area contributed by atoms with E-state index in [4.69, 9.17) is 10.5 Å². The van der Waals surface area contributed by atoms with E-state index in [-0.39, 0.29) is 5.96 Å². The maximum absolute atomic E-state index is 5.72. The molecule has 0 fully saturated rings. The number of allylic oxidation sites excluding steroid dienone is 1. The number of rotatable bonds is 3. The second kappa shape index (κ2) is 6.01. The van der Waals surface area contributed by atoms with E-state index in [0.29, 0.717) is 5.95 Å². The molecule has 2 aromatic rings. The van der Waals surface area contributed by atoms with Crippen LogP contribution in [0.1, 0.15) is 12.6 Å². The Labute approximate surface area is 117 Å². The lowest BCUT2D eigenvalue weighted by atomic mass is 10.2. The number of hydrogen-bond acceptors (Lipinski definition) is 4. The average molecular weight is 271 g/mol. The van der Waals surface area contributed by atoms with Gasteiger partial charge in [0.2, 0.25) is 5.95 Å². The van der Waals surface area contributed by atoms with Crippen LogP contribution in [0.5, 0.6) is 5.75 Å². The number of aryl methyl sites for hydroxylation is 1.